The van der Waals surface area contributed by atoms with E-state index in [2.05, 4.69) is 5.32 Å². The first-order chi connectivity index (χ1) is 11.9. The van der Waals surface area contributed by atoms with Crippen LogP contribution in [0.5, 0.6) is 0 Å². The van der Waals surface area contributed by atoms with Gasteiger partial charge in [0.05, 0.1) is 13.1 Å². The molecule has 0 bridgehead atoms. The minimum absolute atomic E-state index is 0.0366. The van der Waals surface area contributed by atoms with Crippen LogP contribution >= 0.6 is 0 Å². The van der Waals surface area contributed by atoms with Gasteiger partial charge in [-0.15, -0.1) is 0 Å². The number of cyclic esters (lactones) is 1. The number of carbonyl (C=O) groups is 3. The number of ether oxygens (including phenoxy) is 1. The topological polar surface area (TPSA) is 75.7 Å². The van der Waals surface area contributed by atoms with Crippen LogP contribution in [0.15, 0.2) is 18.2 Å². The molecule has 2 fully saturated rings. The summed E-state index contributed by atoms with van der Waals surface area (Å²) in [5, 5.41) is 2.76. The molecule has 3 rings (SSSR count). The Labute approximate surface area is 147 Å². The van der Waals surface area contributed by atoms with E-state index in [1.807, 2.05) is 26.0 Å². The smallest absolute Gasteiger partial charge is 0.410 e. The molecular weight excluding hydrogens is 320 g/mol. The van der Waals surface area contributed by atoms with Gasteiger partial charge in [0, 0.05) is 24.4 Å². The lowest BCUT2D eigenvalue weighted by atomic mass is 10.0. The quantitative estimate of drug-likeness (QED) is 0.771. The van der Waals surface area contributed by atoms with Crippen LogP contribution in [-0.2, 0) is 9.53 Å². The van der Waals surface area contributed by atoms with E-state index in [9.17, 15) is 14.4 Å². The molecule has 6 heteroatoms. The highest BCUT2D eigenvalue weighted by Gasteiger charge is 2.40. The van der Waals surface area contributed by atoms with Gasteiger partial charge in [-0.25, -0.2) is 4.79 Å². The van der Waals surface area contributed by atoms with Crippen LogP contribution in [0.4, 0.5) is 4.79 Å². The molecule has 2 aliphatic rings. The van der Waals surface area contributed by atoms with Crippen molar-refractivity contribution in [3.8, 4) is 0 Å². The van der Waals surface area contributed by atoms with Crippen molar-refractivity contribution in [3.05, 3.63) is 34.9 Å². The van der Waals surface area contributed by atoms with E-state index in [-0.39, 0.29) is 36.7 Å². The maximum absolute atomic E-state index is 12.2. The number of nitrogens with one attached hydrogen (secondary N) is 1. The van der Waals surface area contributed by atoms with Crippen molar-refractivity contribution in [2.75, 3.05) is 13.1 Å². The number of nitrogens with zero attached hydrogens (tertiary/aromatic N) is 1. The monoisotopic (exact) mass is 344 g/mol. The highest BCUT2D eigenvalue weighted by Crippen LogP contribution is 2.30. The largest absolute Gasteiger partial charge is 0.442 e. The molecule has 25 heavy (non-hydrogen) atoms. The Hall–Kier alpha value is -2.37. The second-order valence-corrected chi connectivity index (χ2v) is 6.92. The number of rotatable bonds is 7. The molecule has 2 amide bonds. The van der Waals surface area contributed by atoms with Crippen molar-refractivity contribution in [1.29, 1.82) is 0 Å². The Morgan fingerprint density at radius 3 is 2.64 bits per heavy atom. The van der Waals surface area contributed by atoms with Gasteiger partial charge in [0.2, 0.25) is 5.91 Å². The van der Waals surface area contributed by atoms with Crippen molar-refractivity contribution >= 4 is 17.8 Å². The highest BCUT2D eigenvalue weighted by molar-refractivity contribution is 5.98. The van der Waals surface area contributed by atoms with Gasteiger partial charge in [-0.05, 0) is 43.9 Å². The molecule has 134 valence electrons. The number of hydrogen-bond donors (Lipinski definition) is 1. The first-order valence-corrected chi connectivity index (χ1v) is 8.78. The molecule has 1 atom stereocenters. The third kappa shape index (κ3) is 4.38. The Morgan fingerprint density at radius 2 is 1.96 bits per heavy atom. The summed E-state index contributed by atoms with van der Waals surface area (Å²) in [6.45, 7) is 4.79. The van der Waals surface area contributed by atoms with E-state index in [0.29, 0.717) is 24.7 Å². The summed E-state index contributed by atoms with van der Waals surface area (Å²) in [4.78, 5) is 37.6. The SMILES string of the molecule is Cc1ccc(C(=O)CCC(=O)NCC2CN(C3CC3)C(=O)O2)cc1C. The molecular formula is C19H24N2O4. The van der Waals surface area contributed by atoms with E-state index in [0.717, 1.165) is 24.0 Å². The summed E-state index contributed by atoms with van der Waals surface area (Å²) in [5.41, 5.74) is 2.85. The van der Waals surface area contributed by atoms with Gasteiger partial charge in [0.25, 0.3) is 0 Å². The third-order valence-electron chi connectivity index (χ3n) is 4.82. The number of carbonyl (C=O) groups excluding carboxylic acids is 3. The van der Waals surface area contributed by atoms with Crippen molar-refractivity contribution in [1.82, 2.24) is 10.2 Å². The number of Topliss-reactive ketones (excluding diaryl/α,β-unsaturated/α-hetero) is 1. The van der Waals surface area contributed by atoms with Crippen LogP contribution in [-0.4, -0.2) is 47.9 Å². The van der Waals surface area contributed by atoms with Crippen LogP contribution in [0.3, 0.4) is 0 Å². The van der Waals surface area contributed by atoms with Gasteiger partial charge in [0.1, 0.15) is 6.10 Å². The van der Waals surface area contributed by atoms with Crippen LogP contribution < -0.4 is 5.32 Å². The van der Waals surface area contributed by atoms with E-state index < -0.39 is 0 Å². The molecule has 1 aromatic carbocycles. The average Bonchev–Trinajstić information content (AvgIpc) is 3.36. The lowest BCUT2D eigenvalue weighted by Gasteiger charge is -2.11. The number of ketones is 1. The molecule has 1 aromatic rings. The number of benzene rings is 1. The van der Waals surface area contributed by atoms with Crippen molar-refractivity contribution in [2.24, 2.45) is 0 Å². The Morgan fingerprint density at radius 1 is 1.20 bits per heavy atom. The number of hydrogen-bond acceptors (Lipinski definition) is 4. The van der Waals surface area contributed by atoms with Gasteiger partial charge in [0.15, 0.2) is 5.78 Å². The predicted molar refractivity (Wildman–Crippen MR) is 92.5 cm³/mol. The molecule has 1 aliphatic carbocycles. The van der Waals surface area contributed by atoms with Crippen molar-refractivity contribution < 1.29 is 19.1 Å². The second kappa shape index (κ2) is 7.25. The summed E-state index contributed by atoms with van der Waals surface area (Å²) in [7, 11) is 0. The highest BCUT2D eigenvalue weighted by atomic mass is 16.6. The van der Waals surface area contributed by atoms with Crippen molar-refractivity contribution in [2.45, 2.75) is 51.7 Å². The summed E-state index contributed by atoms with van der Waals surface area (Å²) < 4.78 is 5.25. The normalized spacial score (nSPS) is 19.7. The fourth-order valence-corrected chi connectivity index (χ4v) is 2.93. The maximum Gasteiger partial charge on any atom is 0.410 e. The van der Waals surface area contributed by atoms with Gasteiger partial charge in [-0.3, -0.25) is 9.59 Å². The average molecular weight is 344 g/mol. The number of amides is 2. The second-order valence-electron chi connectivity index (χ2n) is 6.92. The Kier molecular flexibility index (Phi) is 5.06. The summed E-state index contributed by atoms with van der Waals surface area (Å²) in [6, 6.07) is 5.90. The van der Waals surface area contributed by atoms with E-state index in [4.69, 9.17) is 4.74 Å². The van der Waals surface area contributed by atoms with Gasteiger partial charge < -0.3 is 15.0 Å². The molecule has 6 nitrogen and oxygen atoms in total. The molecule has 0 radical (unpaired) electrons. The number of aryl methyl sites for hydroxylation is 2. The molecule has 1 N–H and O–H groups in total. The molecule has 1 aliphatic heterocycles. The van der Waals surface area contributed by atoms with Crippen LogP contribution in [0.2, 0.25) is 0 Å². The fraction of sp³-hybridized carbons (Fsp3) is 0.526. The zero-order chi connectivity index (χ0) is 18.0. The molecule has 0 aromatic heterocycles. The molecule has 1 saturated carbocycles. The standard InChI is InChI=1S/C19H24N2O4/c1-12-3-4-14(9-13(12)2)17(22)7-8-18(23)20-10-16-11-21(15-5-6-15)19(24)25-16/h3-4,9,15-16H,5-8,10-11H2,1-2H3,(H,20,23). The lowest BCUT2D eigenvalue weighted by molar-refractivity contribution is -0.121. The minimum Gasteiger partial charge on any atom is -0.442 e. The predicted octanol–water partition coefficient (Wildman–Crippen LogP) is 2.37. The van der Waals surface area contributed by atoms with Crippen molar-refractivity contribution in [3.63, 3.8) is 0 Å². The molecule has 0 spiro atoms. The van der Waals surface area contributed by atoms with E-state index >= 15 is 0 Å². The van der Waals surface area contributed by atoms with Crippen LogP contribution in [0.25, 0.3) is 0 Å². The zero-order valence-electron chi connectivity index (χ0n) is 14.7. The van der Waals surface area contributed by atoms with Gasteiger partial charge >= 0.3 is 6.09 Å². The molecule has 1 saturated heterocycles. The summed E-state index contributed by atoms with van der Waals surface area (Å²) in [6.07, 6.45) is 1.80. The Balaban J connectivity index is 1.40. The summed E-state index contributed by atoms with van der Waals surface area (Å²) >= 11 is 0. The van der Waals surface area contributed by atoms with Crippen LogP contribution in [0, 0.1) is 13.8 Å². The van der Waals surface area contributed by atoms with Crippen LogP contribution in [0.1, 0.15) is 47.2 Å². The van der Waals surface area contributed by atoms with E-state index in [1.165, 1.54) is 0 Å². The third-order valence-corrected chi connectivity index (χ3v) is 4.82. The maximum atomic E-state index is 12.2. The first kappa shape index (κ1) is 17.5. The van der Waals surface area contributed by atoms with Gasteiger partial charge in [-0.2, -0.15) is 0 Å². The lowest BCUT2D eigenvalue weighted by Crippen LogP contribution is -2.35. The van der Waals surface area contributed by atoms with E-state index in [1.54, 1.807) is 11.0 Å². The fourth-order valence-electron chi connectivity index (χ4n) is 2.93. The molecule has 1 unspecified atom stereocenters. The summed E-state index contributed by atoms with van der Waals surface area (Å²) in [5.74, 6) is -0.233. The minimum atomic E-state index is -0.299. The molecule has 1 heterocycles. The van der Waals surface area contributed by atoms with Gasteiger partial charge in [-0.1, -0.05) is 12.1 Å². The first-order valence-electron chi connectivity index (χ1n) is 8.78. The Bertz CT molecular complexity index is 697. The zero-order valence-corrected chi connectivity index (χ0v) is 14.7.